The van der Waals surface area contributed by atoms with Crippen LogP contribution in [0.4, 0.5) is 8.78 Å². The van der Waals surface area contributed by atoms with Crippen molar-refractivity contribution in [3.8, 4) is 5.75 Å². The van der Waals surface area contributed by atoms with Crippen LogP contribution in [0.1, 0.15) is 5.56 Å². The molecule has 0 aliphatic heterocycles. The SMILES string of the molecule is Fc1ccc(COc2c[c-]ccc2)c(F)c1.[Zn+][Br]. The summed E-state index contributed by atoms with van der Waals surface area (Å²) >= 11 is 4.25. The summed E-state index contributed by atoms with van der Waals surface area (Å²) in [6.07, 6.45) is 0. The van der Waals surface area contributed by atoms with E-state index in [0.29, 0.717) is 11.3 Å². The van der Waals surface area contributed by atoms with Crippen LogP contribution in [0, 0.1) is 17.7 Å². The molecule has 0 saturated carbocycles. The maximum atomic E-state index is 13.2. The van der Waals surface area contributed by atoms with Crippen molar-refractivity contribution in [1.82, 2.24) is 0 Å². The van der Waals surface area contributed by atoms with Crippen LogP contribution in [0.3, 0.4) is 0 Å². The van der Waals surface area contributed by atoms with Crippen LogP contribution < -0.4 is 4.74 Å². The van der Waals surface area contributed by atoms with Gasteiger partial charge in [-0.05, 0) is 12.1 Å². The molecule has 1 nitrogen and oxygen atoms in total. The number of rotatable bonds is 3. The first-order valence-corrected chi connectivity index (χ1v) is 12.0. The fraction of sp³-hybridized carbons (Fsp3) is 0.0769. The predicted octanol–water partition coefficient (Wildman–Crippen LogP) is 4.19. The Labute approximate surface area is 121 Å². The molecule has 0 unspecified atom stereocenters. The summed E-state index contributed by atoms with van der Waals surface area (Å²) in [6.45, 7) is 0.0734. The molecule has 0 aliphatic rings. The van der Waals surface area contributed by atoms with Gasteiger partial charge in [-0.3, -0.25) is 0 Å². The fourth-order valence-electron chi connectivity index (χ4n) is 1.27. The molecule has 0 aliphatic carbocycles. The molecule has 2 aromatic rings. The van der Waals surface area contributed by atoms with Gasteiger partial charge in [-0.1, -0.05) is 0 Å². The quantitative estimate of drug-likeness (QED) is 0.586. The third kappa shape index (κ3) is 4.83. The van der Waals surface area contributed by atoms with E-state index in [-0.39, 0.29) is 6.61 Å². The Morgan fingerprint density at radius 3 is 2.61 bits per heavy atom. The van der Waals surface area contributed by atoms with Crippen molar-refractivity contribution in [2.75, 3.05) is 0 Å². The van der Waals surface area contributed by atoms with Crippen molar-refractivity contribution in [2.24, 2.45) is 0 Å². The molecular formula is C13H9BrF2OZn. The van der Waals surface area contributed by atoms with Crippen LogP contribution in [-0.2, 0) is 22.9 Å². The third-order valence-corrected chi connectivity index (χ3v) is 2.09. The molecule has 2 rings (SSSR count). The topological polar surface area (TPSA) is 9.23 Å². The minimum atomic E-state index is -0.597. The molecule has 18 heavy (non-hydrogen) atoms. The maximum absolute atomic E-state index is 13.2. The number of hydrogen-bond acceptors (Lipinski definition) is 1. The Morgan fingerprint density at radius 1 is 1.22 bits per heavy atom. The number of hydrogen-bond donors (Lipinski definition) is 0. The van der Waals surface area contributed by atoms with E-state index in [0.717, 1.165) is 6.07 Å². The Bertz CT molecular complexity index is 480. The molecule has 2 aromatic carbocycles. The number of ether oxygens (including phenoxy) is 1. The Hall–Kier alpha value is -0.797. The van der Waals surface area contributed by atoms with Crippen molar-refractivity contribution in [2.45, 2.75) is 6.61 Å². The Morgan fingerprint density at radius 2 is 2.00 bits per heavy atom. The fourth-order valence-corrected chi connectivity index (χ4v) is 1.27. The molecule has 0 aromatic heterocycles. The zero-order valence-electron chi connectivity index (χ0n) is 9.50. The second-order valence-electron chi connectivity index (χ2n) is 3.26. The summed E-state index contributed by atoms with van der Waals surface area (Å²) in [7, 11) is 0. The van der Waals surface area contributed by atoms with Gasteiger partial charge in [0, 0.05) is 17.4 Å². The van der Waals surface area contributed by atoms with Crippen LogP contribution in [-0.4, -0.2) is 0 Å². The minimum absolute atomic E-state index is 0.0734. The zero-order chi connectivity index (χ0) is 13.4. The molecule has 0 atom stereocenters. The van der Waals surface area contributed by atoms with E-state index in [2.05, 4.69) is 19.7 Å². The summed E-state index contributed by atoms with van der Waals surface area (Å²) in [6, 6.07) is 13.2. The first-order chi connectivity index (χ1) is 8.75. The predicted molar refractivity (Wildman–Crippen MR) is 64.9 cm³/mol. The average Bonchev–Trinajstić information content (AvgIpc) is 2.41. The third-order valence-electron chi connectivity index (χ3n) is 2.09. The van der Waals surface area contributed by atoms with Gasteiger partial charge >= 0.3 is 30.0 Å². The van der Waals surface area contributed by atoms with Gasteiger partial charge in [-0.25, -0.2) is 8.78 Å². The summed E-state index contributed by atoms with van der Waals surface area (Å²) < 4.78 is 31.2. The van der Waals surface area contributed by atoms with Crippen molar-refractivity contribution in [3.05, 3.63) is 65.7 Å². The summed E-state index contributed by atoms with van der Waals surface area (Å²) in [4.78, 5) is 0. The first-order valence-electron chi connectivity index (χ1n) is 5.05. The van der Waals surface area contributed by atoms with Gasteiger partial charge in [0.2, 0.25) is 0 Å². The second-order valence-corrected chi connectivity index (χ2v) is 3.26. The standard InChI is InChI=1S/C13H9F2O.BrH.Zn/c14-11-7-6-10(13(15)8-11)9-16-12-4-2-1-3-5-12;;/h1-2,4-8H,9H2;1H;/q-1;;+2/p-1. The molecule has 0 heterocycles. The van der Waals surface area contributed by atoms with Gasteiger partial charge in [0.15, 0.2) is 0 Å². The average molecular weight is 365 g/mol. The van der Waals surface area contributed by atoms with E-state index in [4.69, 9.17) is 4.74 Å². The van der Waals surface area contributed by atoms with Crippen LogP contribution in [0.2, 0.25) is 0 Å². The zero-order valence-corrected chi connectivity index (χ0v) is 14.1. The van der Waals surface area contributed by atoms with Crippen LogP contribution in [0.15, 0.2) is 42.5 Å². The molecule has 90 valence electrons. The molecule has 0 spiro atoms. The van der Waals surface area contributed by atoms with Gasteiger partial charge < -0.3 is 4.74 Å². The summed E-state index contributed by atoms with van der Waals surface area (Å²) in [5.74, 6) is -0.583. The second kappa shape index (κ2) is 8.33. The van der Waals surface area contributed by atoms with Gasteiger partial charge in [-0.15, -0.1) is 12.1 Å². The van der Waals surface area contributed by atoms with Gasteiger partial charge in [-0.2, -0.15) is 18.2 Å². The molecule has 0 bridgehead atoms. The van der Waals surface area contributed by atoms with E-state index in [1.54, 1.807) is 24.3 Å². The molecule has 0 radical (unpaired) electrons. The van der Waals surface area contributed by atoms with Gasteiger partial charge in [0.25, 0.3) is 0 Å². The molecule has 0 amide bonds. The molecular weight excluding hydrogens is 355 g/mol. The first kappa shape index (κ1) is 15.3. The van der Waals surface area contributed by atoms with Gasteiger partial charge in [0.1, 0.15) is 11.6 Å². The van der Waals surface area contributed by atoms with E-state index in [1.165, 1.54) is 28.5 Å². The Kier molecular flexibility index (Phi) is 7.06. The number of halogens is 3. The van der Waals surface area contributed by atoms with E-state index in [1.807, 2.05) is 0 Å². The van der Waals surface area contributed by atoms with Crippen molar-refractivity contribution in [1.29, 1.82) is 0 Å². The van der Waals surface area contributed by atoms with Crippen molar-refractivity contribution < 1.29 is 29.9 Å². The molecule has 5 heteroatoms. The normalized spacial score (nSPS) is 9.39. The van der Waals surface area contributed by atoms with E-state index < -0.39 is 11.6 Å². The van der Waals surface area contributed by atoms with Crippen LogP contribution >= 0.6 is 13.6 Å². The van der Waals surface area contributed by atoms with Gasteiger partial charge in [0.05, 0.1) is 6.61 Å². The van der Waals surface area contributed by atoms with Crippen LogP contribution in [0.25, 0.3) is 0 Å². The van der Waals surface area contributed by atoms with Crippen LogP contribution in [0.5, 0.6) is 5.75 Å². The van der Waals surface area contributed by atoms with Crippen molar-refractivity contribution >= 4 is 13.6 Å². The summed E-state index contributed by atoms with van der Waals surface area (Å²) in [5.41, 5.74) is 0.324. The number of benzene rings is 2. The van der Waals surface area contributed by atoms with E-state index in [9.17, 15) is 8.78 Å². The van der Waals surface area contributed by atoms with Crippen molar-refractivity contribution in [3.63, 3.8) is 0 Å². The summed E-state index contributed by atoms with van der Waals surface area (Å²) in [5, 5.41) is 0. The molecule has 0 fully saturated rings. The molecule has 0 saturated heterocycles. The monoisotopic (exact) mass is 362 g/mol. The van der Waals surface area contributed by atoms with E-state index >= 15 is 0 Å². The Balaban J connectivity index is 0.000000771. The molecule has 0 N–H and O–H groups in total.